The van der Waals surface area contributed by atoms with Crippen molar-refractivity contribution in [1.29, 1.82) is 0 Å². The van der Waals surface area contributed by atoms with Crippen molar-refractivity contribution in [3.05, 3.63) is 82.9 Å². The maximum absolute atomic E-state index is 2.48. The van der Waals surface area contributed by atoms with Gasteiger partial charge in [0.2, 0.25) is 0 Å². The molecule has 2 aromatic rings. The Balaban J connectivity index is 0.000000882. The molecule has 2 aromatic carbocycles. The van der Waals surface area contributed by atoms with Gasteiger partial charge < -0.3 is 1.43 Å². The Morgan fingerprint density at radius 1 is 0.762 bits per heavy atom. The monoisotopic (exact) mass is 281 g/mol. The Labute approximate surface area is 141 Å². The van der Waals surface area contributed by atoms with Crippen molar-refractivity contribution in [2.24, 2.45) is 0 Å². The van der Waals surface area contributed by atoms with E-state index in [0.717, 1.165) is 0 Å². The van der Waals surface area contributed by atoms with Crippen LogP contribution in [0.25, 0.3) is 12.2 Å². The van der Waals surface area contributed by atoms with Crippen LogP contribution in [0, 0.1) is 0 Å². The van der Waals surface area contributed by atoms with Crippen LogP contribution in [-0.4, -0.2) is 8.80 Å². The van der Waals surface area contributed by atoms with Gasteiger partial charge in [0.25, 0.3) is 0 Å². The van der Waals surface area contributed by atoms with Crippen LogP contribution in [0.4, 0.5) is 0 Å². The number of hydrogen-bond acceptors (Lipinski definition) is 0. The number of allylic oxidation sites excluding steroid dienone is 2. The molecule has 2 unspecified atom stereocenters. The minimum absolute atomic E-state index is 0. The molecular formula is C19H18LiSi. The molecule has 1 radical (unpaired) electrons. The molecule has 0 bridgehead atoms. The molecule has 0 spiro atoms. The fourth-order valence-corrected chi connectivity index (χ4v) is 6.18. The summed E-state index contributed by atoms with van der Waals surface area (Å²) in [4.78, 5) is 0. The van der Waals surface area contributed by atoms with Crippen molar-refractivity contribution < 1.29 is 20.3 Å². The topological polar surface area (TPSA) is 0 Å². The Kier molecular flexibility index (Phi) is 4.09. The van der Waals surface area contributed by atoms with Crippen LogP contribution in [0.2, 0.25) is 6.55 Å². The maximum atomic E-state index is 2.48. The van der Waals surface area contributed by atoms with Gasteiger partial charge in [-0.05, 0) is 33.3 Å². The second kappa shape index (κ2) is 5.85. The van der Waals surface area contributed by atoms with Crippen molar-refractivity contribution in [3.63, 3.8) is 0 Å². The summed E-state index contributed by atoms with van der Waals surface area (Å²) in [5, 5.41) is 0. The Bertz CT molecular complexity index is 661. The summed E-state index contributed by atoms with van der Waals surface area (Å²) in [5.41, 5.74) is 7.16. The van der Waals surface area contributed by atoms with E-state index in [1.165, 1.54) is 22.3 Å². The molecule has 0 aromatic heterocycles. The van der Waals surface area contributed by atoms with Crippen LogP contribution in [0.15, 0.2) is 60.7 Å². The summed E-state index contributed by atoms with van der Waals surface area (Å²) in [6, 6.07) is 17.7. The normalized spacial score (nSPS) is 21.2. The van der Waals surface area contributed by atoms with E-state index >= 15 is 0 Å². The zero-order chi connectivity index (χ0) is 13.5. The molecule has 0 aliphatic heterocycles. The Morgan fingerprint density at radius 3 is 1.67 bits per heavy atom. The summed E-state index contributed by atoms with van der Waals surface area (Å²) in [6.45, 7) is 2.48. The summed E-state index contributed by atoms with van der Waals surface area (Å²) >= 11 is 0. The first-order chi connectivity index (χ1) is 9.84. The van der Waals surface area contributed by atoms with Crippen LogP contribution in [0.3, 0.4) is 0 Å². The molecule has 0 fully saturated rings. The van der Waals surface area contributed by atoms with Gasteiger partial charge in [-0.15, -0.1) is 0 Å². The quantitative estimate of drug-likeness (QED) is 0.738. The van der Waals surface area contributed by atoms with Crippen LogP contribution in [-0.2, 0) is 0 Å². The Morgan fingerprint density at radius 2 is 1.19 bits per heavy atom. The minimum Gasteiger partial charge on any atom is -1.00 e. The molecule has 0 saturated carbocycles. The van der Waals surface area contributed by atoms with Crippen LogP contribution < -0.4 is 18.9 Å². The molecule has 0 heterocycles. The fraction of sp³-hybridized carbons (Fsp3) is 0.158. The fourth-order valence-electron chi connectivity index (χ4n) is 3.49. The van der Waals surface area contributed by atoms with Gasteiger partial charge in [0.15, 0.2) is 0 Å². The van der Waals surface area contributed by atoms with Gasteiger partial charge in [-0.3, -0.25) is 0 Å². The third-order valence-corrected chi connectivity index (χ3v) is 7.55. The summed E-state index contributed by atoms with van der Waals surface area (Å²) in [7, 11) is -0.542. The van der Waals surface area contributed by atoms with Crippen molar-refractivity contribution in [2.75, 3.05) is 0 Å². The Hall–Kier alpha value is -1.27. The average Bonchev–Trinajstić information content (AvgIpc) is 3.11. The van der Waals surface area contributed by atoms with Crippen molar-refractivity contribution in [1.82, 2.24) is 0 Å². The molecule has 0 nitrogen and oxygen atoms in total. The van der Waals surface area contributed by atoms with Gasteiger partial charge >= 0.3 is 18.9 Å². The average molecular weight is 281 g/mol. The van der Waals surface area contributed by atoms with Crippen molar-refractivity contribution >= 4 is 20.9 Å². The zero-order valence-electron chi connectivity index (χ0n) is 13.6. The molecule has 2 heteroatoms. The predicted octanol–water partition coefficient (Wildman–Crippen LogP) is 1.93. The van der Waals surface area contributed by atoms with Gasteiger partial charge in [-0.25, -0.2) is 0 Å². The molecule has 21 heavy (non-hydrogen) atoms. The maximum Gasteiger partial charge on any atom is 1.00 e. The van der Waals surface area contributed by atoms with E-state index in [-0.39, 0.29) is 20.3 Å². The molecule has 0 saturated heterocycles. The van der Waals surface area contributed by atoms with Crippen LogP contribution >= 0.6 is 0 Å². The second-order valence-corrected chi connectivity index (χ2v) is 8.41. The number of benzene rings is 2. The largest absolute Gasteiger partial charge is 1.00 e. The summed E-state index contributed by atoms with van der Waals surface area (Å²) in [5.74, 6) is 0. The molecule has 2 aliphatic carbocycles. The van der Waals surface area contributed by atoms with Gasteiger partial charge in [0.05, 0.1) is 8.80 Å². The first-order valence-corrected chi connectivity index (χ1v) is 9.37. The molecule has 4 rings (SSSR count). The number of hydrogen-bond donors (Lipinski definition) is 0. The van der Waals surface area contributed by atoms with Crippen molar-refractivity contribution in [3.8, 4) is 0 Å². The number of fused-ring (bicyclic) bond motifs is 2. The van der Waals surface area contributed by atoms with E-state index in [1.54, 1.807) is 0 Å². The molecular weight excluding hydrogens is 263 g/mol. The molecule has 0 amide bonds. The molecule has 2 aliphatic rings. The summed E-state index contributed by atoms with van der Waals surface area (Å²) in [6.07, 6.45) is 9.46. The first-order valence-electron chi connectivity index (χ1n) is 7.22. The van der Waals surface area contributed by atoms with Gasteiger partial charge in [-0.2, -0.15) is 0 Å². The van der Waals surface area contributed by atoms with Crippen LogP contribution in [0.1, 0.15) is 34.8 Å². The van der Waals surface area contributed by atoms with Gasteiger partial charge in [-0.1, -0.05) is 79.4 Å². The van der Waals surface area contributed by atoms with Crippen LogP contribution in [0.5, 0.6) is 0 Å². The van der Waals surface area contributed by atoms with E-state index in [1.807, 2.05) is 0 Å². The third-order valence-electron chi connectivity index (χ3n) is 4.58. The molecule has 0 N–H and O–H groups in total. The number of rotatable bonds is 2. The summed E-state index contributed by atoms with van der Waals surface area (Å²) < 4.78 is 0. The van der Waals surface area contributed by atoms with Crippen molar-refractivity contribution in [2.45, 2.75) is 17.6 Å². The zero-order valence-corrected chi connectivity index (χ0v) is 13.6. The van der Waals surface area contributed by atoms with Gasteiger partial charge in [0, 0.05) is 0 Å². The van der Waals surface area contributed by atoms with E-state index in [2.05, 4.69) is 79.4 Å². The van der Waals surface area contributed by atoms with E-state index in [0.29, 0.717) is 11.1 Å². The molecule has 99 valence electrons. The third kappa shape index (κ3) is 2.40. The standard InChI is InChI=1S/C19H17Si.Li.H/c1-20(18-12-10-14-6-2-4-8-16(14)18)19-13-11-15-7-3-5-9-17(15)19;;/h2-13,18-19H,1H3;;/q;+1;-1. The van der Waals surface area contributed by atoms with Gasteiger partial charge in [0.1, 0.15) is 0 Å². The predicted molar refractivity (Wildman–Crippen MR) is 89.2 cm³/mol. The van der Waals surface area contributed by atoms with E-state index in [9.17, 15) is 0 Å². The van der Waals surface area contributed by atoms with E-state index < -0.39 is 8.80 Å². The minimum atomic E-state index is -0.542. The smallest absolute Gasteiger partial charge is 1.00 e. The molecule has 2 atom stereocenters. The SMILES string of the molecule is C[Si](C1C=Cc2ccccc21)C1C=Cc2ccccc21.[H-].[Li+]. The first kappa shape index (κ1) is 14.7. The van der Waals surface area contributed by atoms with E-state index in [4.69, 9.17) is 0 Å². The second-order valence-electron chi connectivity index (χ2n) is 5.68.